The van der Waals surface area contributed by atoms with Crippen molar-refractivity contribution in [1.29, 1.82) is 0 Å². The molecular formula is C18H32N6O6. The summed E-state index contributed by atoms with van der Waals surface area (Å²) < 4.78 is 0. The van der Waals surface area contributed by atoms with Crippen LogP contribution in [0.4, 0.5) is 0 Å². The summed E-state index contributed by atoms with van der Waals surface area (Å²) >= 11 is 0. The number of carbonyl (C=O) groups excluding carboxylic acids is 4. The Balaban J connectivity index is 2.83. The second kappa shape index (κ2) is 12.8. The molecule has 0 spiro atoms. The van der Waals surface area contributed by atoms with Crippen LogP contribution in [0.3, 0.4) is 0 Å². The normalized spacial score (nSPS) is 17.8. The minimum absolute atomic E-state index is 0.0323. The Bertz CT molecular complexity index is 643. The molecule has 0 aliphatic carbocycles. The summed E-state index contributed by atoms with van der Waals surface area (Å²) in [5.41, 5.74) is 16.5. The molecule has 1 aliphatic rings. The molecule has 12 nitrogen and oxygen atoms in total. The van der Waals surface area contributed by atoms with Crippen LogP contribution in [0.15, 0.2) is 0 Å². The third-order valence-electron chi connectivity index (χ3n) is 4.85. The summed E-state index contributed by atoms with van der Waals surface area (Å²) in [5.74, 6) is -3.49. The number of aliphatic carboxylic acids is 1. The van der Waals surface area contributed by atoms with Crippen molar-refractivity contribution in [2.75, 3.05) is 19.6 Å². The smallest absolute Gasteiger partial charge is 0.322 e. The molecule has 0 aromatic rings. The van der Waals surface area contributed by atoms with Crippen LogP contribution in [-0.4, -0.2) is 77.4 Å². The molecule has 3 unspecified atom stereocenters. The predicted octanol–water partition coefficient (Wildman–Crippen LogP) is -2.62. The van der Waals surface area contributed by atoms with Crippen molar-refractivity contribution in [2.45, 2.75) is 63.1 Å². The Hall–Kier alpha value is -2.73. The van der Waals surface area contributed by atoms with Gasteiger partial charge in [-0.25, -0.2) is 0 Å². The Kier molecular flexibility index (Phi) is 10.8. The standard InChI is InChI=1S/C18H32N6O6/c19-8-2-1-4-11(20)16(28)23-12(6-7-14(21)25)18(30)24-9-3-5-13(24)17(29)22-10-15(26)27/h11-13H,1-10,19-20H2,(H2,21,25)(H,22,29)(H,23,28)(H,26,27). The SMILES string of the molecule is NCCCCC(N)C(=O)NC(CCC(N)=O)C(=O)N1CCCC1C(=O)NCC(=O)O. The second-order valence-corrected chi connectivity index (χ2v) is 7.26. The quantitative estimate of drug-likeness (QED) is 0.171. The number of nitrogens with one attached hydrogen (secondary N) is 2. The van der Waals surface area contributed by atoms with Crippen molar-refractivity contribution < 1.29 is 29.1 Å². The highest BCUT2D eigenvalue weighted by molar-refractivity contribution is 5.94. The largest absolute Gasteiger partial charge is 0.480 e. The zero-order chi connectivity index (χ0) is 22.7. The molecule has 0 saturated carbocycles. The number of likely N-dealkylation sites (tertiary alicyclic amines) is 1. The molecule has 170 valence electrons. The van der Waals surface area contributed by atoms with Gasteiger partial charge in [-0.2, -0.15) is 0 Å². The van der Waals surface area contributed by atoms with Crippen molar-refractivity contribution >= 4 is 29.6 Å². The molecule has 1 heterocycles. The number of primary amides is 1. The number of nitrogens with zero attached hydrogens (tertiary/aromatic N) is 1. The molecule has 0 bridgehead atoms. The van der Waals surface area contributed by atoms with Gasteiger partial charge >= 0.3 is 5.97 Å². The van der Waals surface area contributed by atoms with E-state index >= 15 is 0 Å². The lowest BCUT2D eigenvalue weighted by atomic mass is 10.1. The predicted molar refractivity (Wildman–Crippen MR) is 107 cm³/mol. The molecule has 30 heavy (non-hydrogen) atoms. The van der Waals surface area contributed by atoms with E-state index in [0.717, 1.165) is 0 Å². The second-order valence-electron chi connectivity index (χ2n) is 7.26. The molecule has 0 aromatic carbocycles. The fourth-order valence-electron chi connectivity index (χ4n) is 3.25. The zero-order valence-electron chi connectivity index (χ0n) is 17.0. The van der Waals surface area contributed by atoms with Gasteiger partial charge in [0.05, 0.1) is 6.04 Å². The number of carboxylic acid groups (broad SMARTS) is 1. The highest BCUT2D eigenvalue weighted by Gasteiger charge is 2.38. The Morgan fingerprint density at radius 3 is 2.43 bits per heavy atom. The van der Waals surface area contributed by atoms with Gasteiger partial charge in [-0.05, 0) is 38.6 Å². The molecule has 1 saturated heterocycles. The molecule has 0 radical (unpaired) electrons. The average molecular weight is 428 g/mol. The summed E-state index contributed by atoms with van der Waals surface area (Å²) in [6, 6.07) is -2.75. The summed E-state index contributed by atoms with van der Waals surface area (Å²) in [7, 11) is 0. The first-order valence-corrected chi connectivity index (χ1v) is 10.0. The van der Waals surface area contributed by atoms with E-state index < -0.39 is 54.3 Å². The number of carboxylic acids is 1. The van der Waals surface area contributed by atoms with Gasteiger partial charge in [0.2, 0.25) is 23.6 Å². The van der Waals surface area contributed by atoms with E-state index in [1.165, 1.54) is 4.90 Å². The van der Waals surface area contributed by atoms with Crippen molar-refractivity contribution in [1.82, 2.24) is 15.5 Å². The molecule has 1 rings (SSSR count). The fourth-order valence-corrected chi connectivity index (χ4v) is 3.25. The topological polar surface area (TPSA) is 211 Å². The summed E-state index contributed by atoms with van der Waals surface area (Å²) in [6.07, 6.45) is 2.51. The van der Waals surface area contributed by atoms with Crippen LogP contribution in [0, 0.1) is 0 Å². The molecule has 9 N–H and O–H groups in total. The lowest BCUT2D eigenvalue weighted by Crippen LogP contribution is -2.56. The first kappa shape index (κ1) is 25.3. The fraction of sp³-hybridized carbons (Fsp3) is 0.722. The molecule has 1 fully saturated rings. The van der Waals surface area contributed by atoms with Crippen LogP contribution >= 0.6 is 0 Å². The first-order valence-electron chi connectivity index (χ1n) is 10.0. The average Bonchev–Trinajstić information content (AvgIpc) is 3.18. The van der Waals surface area contributed by atoms with E-state index in [1.807, 2.05) is 0 Å². The van der Waals surface area contributed by atoms with Crippen LogP contribution in [0.5, 0.6) is 0 Å². The molecule has 3 atom stereocenters. The van der Waals surface area contributed by atoms with Gasteiger partial charge in [0.1, 0.15) is 18.6 Å². The maximum Gasteiger partial charge on any atom is 0.322 e. The van der Waals surface area contributed by atoms with Gasteiger partial charge in [0.15, 0.2) is 0 Å². The van der Waals surface area contributed by atoms with Crippen LogP contribution in [0.25, 0.3) is 0 Å². The Morgan fingerprint density at radius 2 is 1.83 bits per heavy atom. The monoisotopic (exact) mass is 428 g/mol. The van der Waals surface area contributed by atoms with E-state index in [1.54, 1.807) is 0 Å². The van der Waals surface area contributed by atoms with Gasteiger partial charge < -0.3 is 37.8 Å². The van der Waals surface area contributed by atoms with Gasteiger partial charge in [-0.15, -0.1) is 0 Å². The van der Waals surface area contributed by atoms with E-state index in [4.69, 9.17) is 22.3 Å². The highest BCUT2D eigenvalue weighted by atomic mass is 16.4. The molecule has 12 heteroatoms. The van der Waals surface area contributed by atoms with Crippen molar-refractivity contribution in [3.8, 4) is 0 Å². The third kappa shape index (κ3) is 8.33. The minimum atomic E-state index is -1.20. The van der Waals surface area contributed by atoms with Gasteiger partial charge in [0.25, 0.3) is 0 Å². The lowest BCUT2D eigenvalue weighted by Gasteiger charge is -2.29. The van der Waals surface area contributed by atoms with E-state index in [-0.39, 0.29) is 19.4 Å². The Labute approximate surface area is 174 Å². The number of rotatable bonds is 13. The molecular weight excluding hydrogens is 396 g/mol. The van der Waals surface area contributed by atoms with Gasteiger partial charge in [-0.1, -0.05) is 6.42 Å². The number of carbonyl (C=O) groups is 5. The van der Waals surface area contributed by atoms with Crippen LogP contribution in [-0.2, 0) is 24.0 Å². The van der Waals surface area contributed by atoms with E-state index in [9.17, 15) is 24.0 Å². The van der Waals surface area contributed by atoms with Crippen molar-refractivity contribution in [2.24, 2.45) is 17.2 Å². The van der Waals surface area contributed by atoms with Crippen LogP contribution in [0.2, 0.25) is 0 Å². The van der Waals surface area contributed by atoms with Crippen molar-refractivity contribution in [3.63, 3.8) is 0 Å². The minimum Gasteiger partial charge on any atom is -0.480 e. The maximum atomic E-state index is 13.0. The number of nitrogens with two attached hydrogens (primary N) is 3. The summed E-state index contributed by atoms with van der Waals surface area (Å²) in [5, 5.41) is 13.5. The van der Waals surface area contributed by atoms with E-state index in [2.05, 4.69) is 10.6 Å². The molecule has 0 aromatic heterocycles. The first-order chi connectivity index (χ1) is 14.2. The Morgan fingerprint density at radius 1 is 1.13 bits per heavy atom. The van der Waals surface area contributed by atoms with Gasteiger partial charge in [0, 0.05) is 13.0 Å². The number of amides is 4. The summed E-state index contributed by atoms with van der Waals surface area (Å²) in [4.78, 5) is 60.9. The highest BCUT2D eigenvalue weighted by Crippen LogP contribution is 2.20. The van der Waals surface area contributed by atoms with Crippen molar-refractivity contribution in [3.05, 3.63) is 0 Å². The summed E-state index contributed by atoms with van der Waals surface area (Å²) in [6.45, 7) is 0.195. The van der Waals surface area contributed by atoms with Crippen LogP contribution in [0.1, 0.15) is 44.9 Å². The zero-order valence-corrected chi connectivity index (χ0v) is 17.0. The number of unbranched alkanes of at least 4 members (excludes halogenated alkanes) is 1. The number of hydrogen-bond acceptors (Lipinski definition) is 7. The van der Waals surface area contributed by atoms with Gasteiger partial charge in [-0.3, -0.25) is 24.0 Å². The number of hydrogen-bond donors (Lipinski definition) is 6. The lowest BCUT2D eigenvalue weighted by molar-refractivity contribution is -0.143. The molecule has 1 aliphatic heterocycles. The van der Waals surface area contributed by atoms with E-state index in [0.29, 0.717) is 38.6 Å². The third-order valence-corrected chi connectivity index (χ3v) is 4.85. The molecule has 4 amide bonds. The maximum absolute atomic E-state index is 13.0. The van der Waals surface area contributed by atoms with Crippen LogP contribution < -0.4 is 27.8 Å².